The Bertz CT molecular complexity index is 1050. The average molecular weight is 464 g/mol. The molecule has 3 aliphatic rings. The number of carbonyl (C=O) groups excluding carboxylic acids is 2. The van der Waals surface area contributed by atoms with Crippen LogP contribution in [-0.2, 0) is 0 Å². The lowest BCUT2D eigenvalue weighted by Gasteiger charge is -2.43. The van der Waals surface area contributed by atoms with Gasteiger partial charge in [-0.25, -0.2) is 4.98 Å². The number of amides is 2. The number of ether oxygens (including phenoxy) is 1. The Morgan fingerprint density at radius 2 is 1.88 bits per heavy atom. The number of hydrogen-bond donors (Lipinski definition) is 3. The van der Waals surface area contributed by atoms with E-state index in [0.29, 0.717) is 23.1 Å². The van der Waals surface area contributed by atoms with E-state index in [-0.39, 0.29) is 23.9 Å². The second-order valence-electron chi connectivity index (χ2n) is 9.66. The molecule has 2 amide bonds. The molecule has 3 heterocycles. The molecule has 5 rings (SSSR count). The van der Waals surface area contributed by atoms with Gasteiger partial charge < -0.3 is 25.6 Å². The molecule has 8 nitrogen and oxygen atoms in total. The Labute approximate surface area is 200 Å². The first-order valence-corrected chi connectivity index (χ1v) is 12.2. The topological polar surface area (TPSA) is 95.6 Å². The Hall–Kier alpha value is -3.13. The number of aromatic nitrogens is 1. The Morgan fingerprint density at radius 3 is 2.53 bits per heavy atom. The van der Waals surface area contributed by atoms with Crippen LogP contribution in [0.4, 0.5) is 5.82 Å². The zero-order valence-corrected chi connectivity index (χ0v) is 19.8. The number of pyridine rings is 1. The fourth-order valence-corrected chi connectivity index (χ4v) is 5.29. The Morgan fingerprint density at radius 1 is 1.06 bits per heavy atom. The van der Waals surface area contributed by atoms with Crippen molar-refractivity contribution in [1.82, 2.24) is 20.9 Å². The third-order valence-electron chi connectivity index (χ3n) is 7.59. The van der Waals surface area contributed by atoms with Gasteiger partial charge in [0.2, 0.25) is 0 Å². The van der Waals surface area contributed by atoms with E-state index in [1.165, 1.54) is 6.42 Å². The van der Waals surface area contributed by atoms with E-state index in [1.807, 2.05) is 37.3 Å². The van der Waals surface area contributed by atoms with Crippen LogP contribution >= 0.6 is 0 Å². The monoisotopic (exact) mass is 463 g/mol. The predicted molar refractivity (Wildman–Crippen MR) is 130 cm³/mol. The van der Waals surface area contributed by atoms with Crippen LogP contribution in [0.25, 0.3) is 0 Å². The zero-order valence-electron chi connectivity index (χ0n) is 19.8. The van der Waals surface area contributed by atoms with Crippen LogP contribution in [0.2, 0.25) is 0 Å². The summed E-state index contributed by atoms with van der Waals surface area (Å²) in [6.07, 6.45) is 5.83. The van der Waals surface area contributed by atoms with Gasteiger partial charge in [-0.1, -0.05) is 6.07 Å². The summed E-state index contributed by atoms with van der Waals surface area (Å²) in [5.41, 5.74) is 2.12. The van der Waals surface area contributed by atoms with Gasteiger partial charge in [0.1, 0.15) is 11.6 Å². The molecule has 2 saturated heterocycles. The van der Waals surface area contributed by atoms with Crippen LogP contribution in [0.15, 0.2) is 36.5 Å². The van der Waals surface area contributed by atoms with Crippen molar-refractivity contribution in [3.63, 3.8) is 0 Å². The minimum atomic E-state index is -0.0708. The lowest BCUT2D eigenvalue weighted by atomic mass is 9.76. The first kappa shape index (κ1) is 22.7. The van der Waals surface area contributed by atoms with Crippen molar-refractivity contribution in [3.05, 3.63) is 53.2 Å². The van der Waals surface area contributed by atoms with Crippen LogP contribution in [0.3, 0.4) is 0 Å². The molecule has 8 heteroatoms. The molecule has 1 aromatic carbocycles. The normalized spacial score (nSPS) is 24.2. The van der Waals surface area contributed by atoms with E-state index in [2.05, 4.69) is 25.8 Å². The molecular formula is C26H33N5O3. The molecular weight excluding hydrogens is 430 g/mol. The molecule has 2 aliphatic heterocycles. The van der Waals surface area contributed by atoms with Crippen molar-refractivity contribution in [2.45, 2.75) is 50.7 Å². The van der Waals surface area contributed by atoms with Gasteiger partial charge in [-0.3, -0.25) is 9.59 Å². The van der Waals surface area contributed by atoms with Crippen LogP contribution in [0.1, 0.15) is 52.0 Å². The first-order valence-electron chi connectivity index (χ1n) is 12.2. The summed E-state index contributed by atoms with van der Waals surface area (Å²) >= 11 is 0. The van der Waals surface area contributed by atoms with E-state index < -0.39 is 0 Å². The highest BCUT2D eigenvalue weighted by molar-refractivity contribution is 5.96. The number of benzene rings is 1. The van der Waals surface area contributed by atoms with E-state index >= 15 is 0 Å². The maximum absolute atomic E-state index is 13.0. The van der Waals surface area contributed by atoms with Crippen molar-refractivity contribution in [3.8, 4) is 5.75 Å². The standard InChI is InChI=1S/C26H33N5O3/c1-16-21(4-3-5-23(16)34-2)26(33)29-19-10-11-31(22-8-6-17(22)12-19)24-9-7-18(13-28-24)25(32)30-20-14-27-15-20/h3-5,7,9,13,17,19-20,22,27H,6,8,10-12,14-15H2,1-2H3,(H,29,33)(H,30,32). The summed E-state index contributed by atoms with van der Waals surface area (Å²) in [5, 5.41) is 9.45. The van der Waals surface area contributed by atoms with E-state index in [9.17, 15) is 9.59 Å². The number of rotatable bonds is 6. The molecule has 0 bridgehead atoms. The Kier molecular flexibility index (Phi) is 6.41. The number of nitrogens with zero attached hydrogens (tertiary/aromatic N) is 2. The number of hydrogen-bond acceptors (Lipinski definition) is 6. The highest BCUT2D eigenvalue weighted by Crippen LogP contribution is 2.40. The second kappa shape index (κ2) is 9.62. The lowest BCUT2D eigenvalue weighted by Crippen LogP contribution is -2.56. The van der Waals surface area contributed by atoms with Gasteiger partial charge in [-0.2, -0.15) is 0 Å². The third-order valence-corrected chi connectivity index (χ3v) is 7.59. The summed E-state index contributed by atoms with van der Waals surface area (Å²) in [6, 6.07) is 10.2. The van der Waals surface area contributed by atoms with E-state index in [1.54, 1.807) is 13.3 Å². The molecule has 1 aromatic heterocycles. The highest BCUT2D eigenvalue weighted by Gasteiger charge is 2.40. The summed E-state index contributed by atoms with van der Waals surface area (Å²) in [4.78, 5) is 32.5. The van der Waals surface area contributed by atoms with Crippen molar-refractivity contribution >= 4 is 17.6 Å². The van der Waals surface area contributed by atoms with Gasteiger partial charge in [0.05, 0.1) is 18.7 Å². The number of fused-ring (bicyclic) bond motifs is 1. The molecule has 3 atom stereocenters. The minimum absolute atomic E-state index is 0.0409. The molecule has 0 spiro atoms. The van der Waals surface area contributed by atoms with Crippen LogP contribution in [0.5, 0.6) is 5.75 Å². The molecule has 1 aliphatic carbocycles. The van der Waals surface area contributed by atoms with Gasteiger partial charge >= 0.3 is 0 Å². The maximum Gasteiger partial charge on any atom is 0.253 e. The Balaban J connectivity index is 1.24. The van der Waals surface area contributed by atoms with Gasteiger partial charge in [-0.15, -0.1) is 0 Å². The van der Waals surface area contributed by atoms with Gasteiger partial charge in [0.25, 0.3) is 11.8 Å². The zero-order chi connectivity index (χ0) is 23.7. The molecule has 34 heavy (non-hydrogen) atoms. The van der Waals surface area contributed by atoms with Gasteiger partial charge in [0.15, 0.2) is 0 Å². The summed E-state index contributed by atoms with van der Waals surface area (Å²) in [6.45, 7) is 4.39. The molecule has 3 fully saturated rings. The third kappa shape index (κ3) is 4.46. The maximum atomic E-state index is 13.0. The average Bonchev–Trinajstić information content (AvgIpc) is 2.92. The minimum Gasteiger partial charge on any atom is -0.496 e. The second-order valence-corrected chi connectivity index (χ2v) is 9.66. The summed E-state index contributed by atoms with van der Waals surface area (Å²) in [5.74, 6) is 2.06. The van der Waals surface area contributed by atoms with Crippen molar-refractivity contribution in [2.75, 3.05) is 31.6 Å². The quantitative estimate of drug-likeness (QED) is 0.608. The van der Waals surface area contributed by atoms with Crippen LogP contribution < -0.4 is 25.6 Å². The fourth-order valence-electron chi connectivity index (χ4n) is 5.29. The molecule has 0 radical (unpaired) electrons. The molecule has 3 N–H and O–H groups in total. The number of carbonyl (C=O) groups is 2. The first-order chi connectivity index (χ1) is 16.5. The summed E-state index contributed by atoms with van der Waals surface area (Å²) in [7, 11) is 1.62. The summed E-state index contributed by atoms with van der Waals surface area (Å²) < 4.78 is 5.38. The number of anilines is 1. The van der Waals surface area contributed by atoms with Crippen LogP contribution in [0, 0.1) is 12.8 Å². The van der Waals surface area contributed by atoms with Crippen molar-refractivity contribution in [2.24, 2.45) is 5.92 Å². The molecule has 3 unspecified atom stereocenters. The number of nitrogens with one attached hydrogen (secondary N) is 3. The predicted octanol–water partition coefficient (Wildman–Crippen LogP) is 2.28. The lowest BCUT2D eigenvalue weighted by molar-refractivity contribution is 0.0915. The smallest absolute Gasteiger partial charge is 0.253 e. The van der Waals surface area contributed by atoms with E-state index in [4.69, 9.17) is 4.74 Å². The SMILES string of the molecule is COc1cccc(C(=O)NC2CCN(c3ccc(C(=O)NC4CNC4)cn3)C3CCC3C2)c1C. The molecule has 2 aromatic rings. The molecule has 180 valence electrons. The van der Waals surface area contributed by atoms with Crippen molar-refractivity contribution < 1.29 is 14.3 Å². The fraction of sp³-hybridized carbons (Fsp3) is 0.500. The molecule has 1 saturated carbocycles. The van der Waals surface area contributed by atoms with Gasteiger partial charge in [0, 0.05) is 49.0 Å². The van der Waals surface area contributed by atoms with Crippen LogP contribution in [-0.4, -0.2) is 61.7 Å². The number of methoxy groups -OCH3 is 1. The van der Waals surface area contributed by atoms with E-state index in [0.717, 1.165) is 56.0 Å². The van der Waals surface area contributed by atoms with Gasteiger partial charge in [-0.05, 0) is 62.8 Å². The van der Waals surface area contributed by atoms with Crippen molar-refractivity contribution in [1.29, 1.82) is 0 Å². The highest BCUT2D eigenvalue weighted by atomic mass is 16.5. The largest absolute Gasteiger partial charge is 0.496 e.